The highest BCUT2D eigenvalue weighted by atomic mass is 35.5. The highest BCUT2D eigenvalue weighted by Gasteiger charge is 2.48. The Balaban J connectivity index is 1.17. The number of carboxylic acids is 1. The third kappa shape index (κ3) is 5.49. The highest BCUT2D eigenvalue weighted by Crippen LogP contribution is 2.57. The van der Waals surface area contributed by atoms with Gasteiger partial charge in [0.1, 0.15) is 19.0 Å². The summed E-state index contributed by atoms with van der Waals surface area (Å²) >= 11 is 12.5. The van der Waals surface area contributed by atoms with Crippen molar-refractivity contribution < 1.29 is 24.2 Å². The van der Waals surface area contributed by atoms with Gasteiger partial charge in [0, 0.05) is 33.9 Å². The summed E-state index contributed by atoms with van der Waals surface area (Å²) in [5.41, 5.74) is 5.59. The van der Waals surface area contributed by atoms with Crippen LogP contribution in [-0.4, -0.2) is 46.7 Å². The van der Waals surface area contributed by atoms with E-state index in [9.17, 15) is 14.7 Å². The lowest BCUT2D eigenvalue weighted by Gasteiger charge is -2.29. The quantitative estimate of drug-likeness (QED) is 0.221. The van der Waals surface area contributed by atoms with Crippen LogP contribution in [-0.2, 0) is 11.3 Å². The second kappa shape index (κ2) is 11.1. The van der Waals surface area contributed by atoms with Gasteiger partial charge in [0.2, 0.25) is 0 Å². The maximum Gasteiger partial charge on any atom is 0.414 e. The van der Waals surface area contributed by atoms with Gasteiger partial charge in [-0.15, -0.1) is 0 Å². The first kappa shape index (κ1) is 27.2. The van der Waals surface area contributed by atoms with Gasteiger partial charge < -0.3 is 14.6 Å². The summed E-state index contributed by atoms with van der Waals surface area (Å²) in [6, 6.07) is 16.0. The van der Waals surface area contributed by atoms with Gasteiger partial charge in [-0.2, -0.15) is 5.10 Å². The molecule has 1 N–H and O–H groups in total. The number of carbonyl (C=O) groups is 2. The summed E-state index contributed by atoms with van der Waals surface area (Å²) in [7, 11) is 0. The summed E-state index contributed by atoms with van der Waals surface area (Å²) in [6.07, 6.45) is 4.32. The first-order valence-electron chi connectivity index (χ1n) is 13.3. The van der Waals surface area contributed by atoms with Gasteiger partial charge in [0.25, 0.3) is 0 Å². The molecule has 1 saturated carbocycles. The second-order valence-electron chi connectivity index (χ2n) is 10.3. The summed E-state index contributed by atoms with van der Waals surface area (Å²) in [6.45, 7) is 3.16. The minimum Gasteiger partial charge on any atom is -0.490 e. The Labute approximate surface area is 247 Å². The molecule has 0 saturated heterocycles. The Morgan fingerprint density at radius 3 is 2.73 bits per heavy atom. The monoisotopic (exact) mass is 591 g/mol. The van der Waals surface area contributed by atoms with Crippen LogP contribution in [0.1, 0.15) is 39.4 Å². The Morgan fingerprint density at radius 2 is 1.90 bits per heavy atom. The molecule has 8 nitrogen and oxygen atoms in total. The normalized spacial score (nSPS) is 17.0. The van der Waals surface area contributed by atoms with Crippen molar-refractivity contribution in [3.8, 4) is 16.9 Å². The van der Waals surface area contributed by atoms with Crippen molar-refractivity contribution in [3.63, 3.8) is 0 Å². The van der Waals surface area contributed by atoms with Crippen molar-refractivity contribution in [1.82, 2.24) is 9.78 Å². The van der Waals surface area contributed by atoms with E-state index in [2.05, 4.69) is 5.10 Å². The van der Waals surface area contributed by atoms with Crippen LogP contribution < -0.4 is 9.64 Å². The number of aromatic carboxylic acids is 1. The van der Waals surface area contributed by atoms with Crippen molar-refractivity contribution in [3.05, 3.63) is 99.3 Å². The van der Waals surface area contributed by atoms with E-state index in [1.807, 2.05) is 43.5 Å². The van der Waals surface area contributed by atoms with Crippen LogP contribution in [0.2, 0.25) is 10.0 Å². The number of aromatic nitrogens is 2. The molecule has 1 aliphatic heterocycles. The average Bonchev–Trinajstić information content (AvgIpc) is 3.61. The molecule has 2 aliphatic rings. The van der Waals surface area contributed by atoms with E-state index in [-0.39, 0.29) is 18.8 Å². The third-order valence-corrected chi connectivity index (χ3v) is 8.44. The van der Waals surface area contributed by atoms with Gasteiger partial charge in [0.05, 0.1) is 24.0 Å². The molecule has 1 fully saturated rings. The fraction of sp³-hybridized carbons (Fsp3) is 0.258. The van der Waals surface area contributed by atoms with Crippen LogP contribution in [0.5, 0.6) is 5.75 Å². The molecule has 0 unspecified atom stereocenters. The number of ether oxygens (including phenoxy) is 2. The van der Waals surface area contributed by atoms with Crippen LogP contribution in [0, 0.1) is 12.8 Å². The zero-order valence-electron chi connectivity index (χ0n) is 22.2. The van der Waals surface area contributed by atoms with Gasteiger partial charge in [-0.25, -0.2) is 9.59 Å². The SMILES string of the molecule is Cc1c(Cl)cccc1OCCOC(=O)N1C[C@@H]2C[C@@H]2c2c(-c3cnn(Cc4cc(C(=O)O)ccc4Cl)c3)cccc21. The zero-order chi connectivity index (χ0) is 28.7. The second-order valence-corrected chi connectivity index (χ2v) is 11.1. The number of fused-ring (bicyclic) bond motifs is 3. The molecule has 0 spiro atoms. The number of amides is 1. The standard InChI is InChI=1S/C31H27Cl2N3O5/c1-18-25(32)5-3-7-28(18)40-10-11-41-31(39)36-17-20-13-24(20)29-23(4-2-6-27(29)36)22-14-34-35(16-22)15-21-12-19(30(37)38)8-9-26(21)33/h2-9,12,14,16,20,24H,10-11,13,15,17H2,1H3,(H,37,38)/t20-,24-/m0/s1. The minimum absolute atomic E-state index is 0.114. The van der Waals surface area contributed by atoms with E-state index in [1.165, 1.54) is 6.07 Å². The maximum atomic E-state index is 13.2. The molecular formula is C31H27Cl2N3O5. The van der Waals surface area contributed by atoms with E-state index in [0.29, 0.717) is 46.3 Å². The van der Waals surface area contributed by atoms with Crippen LogP contribution >= 0.6 is 23.2 Å². The van der Waals surface area contributed by atoms with Crippen LogP contribution in [0.3, 0.4) is 0 Å². The Hall–Kier alpha value is -4.01. The molecule has 210 valence electrons. The van der Waals surface area contributed by atoms with Gasteiger partial charge >= 0.3 is 12.1 Å². The van der Waals surface area contributed by atoms with E-state index >= 15 is 0 Å². The van der Waals surface area contributed by atoms with Crippen molar-refractivity contribution >= 4 is 41.0 Å². The molecule has 1 amide bonds. The van der Waals surface area contributed by atoms with E-state index in [4.69, 9.17) is 32.7 Å². The zero-order valence-corrected chi connectivity index (χ0v) is 23.7. The van der Waals surface area contributed by atoms with Crippen molar-refractivity contribution in [2.75, 3.05) is 24.7 Å². The highest BCUT2D eigenvalue weighted by molar-refractivity contribution is 6.31. The van der Waals surface area contributed by atoms with Crippen LogP contribution in [0.25, 0.3) is 11.1 Å². The lowest BCUT2D eigenvalue weighted by Crippen LogP contribution is -2.37. The fourth-order valence-corrected chi connectivity index (χ4v) is 5.78. The molecule has 0 radical (unpaired) electrons. The molecular weight excluding hydrogens is 565 g/mol. The maximum absolute atomic E-state index is 13.2. The summed E-state index contributed by atoms with van der Waals surface area (Å²) in [4.78, 5) is 26.3. The summed E-state index contributed by atoms with van der Waals surface area (Å²) in [5.74, 6) is 0.420. The minimum atomic E-state index is -1.01. The van der Waals surface area contributed by atoms with Crippen molar-refractivity contribution in [2.24, 2.45) is 5.92 Å². The molecule has 2 heterocycles. The number of hydrogen-bond donors (Lipinski definition) is 1. The Morgan fingerprint density at radius 1 is 1.07 bits per heavy atom. The number of halogens is 2. The van der Waals surface area contributed by atoms with Crippen LogP contribution in [0.4, 0.5) is 10.5 Å². The molecule has 4 aromatic rings. The molecule has 0 bridgehead atoms. The van der Waals surface area contributed by atoms with Gasteiger partial charge in [-0.05, 0) is 78.3 Å². The lowest BCUT2D eigenvalue weighted by molar-refractivity contribution is 0.0696. The Bertz CT molecular complexity index is 1650. The molecule has 1 aliphatic carbocycles. The van der Waals surface area contributed by atoms with Crippen LogP contribution in [0.15, 0.2) is 67.0 Å². The molecule has 10 heteroatoms. The first-order chi connectivity index (χ1) is 19.8. The number of nitrogens with zero attached hydrogens (tertiary/aromatic N) is 3. The lowest BCUT2D eigenvalue weighted by atomic mass is 9.93. The topological polar surface area (TPSA) is 93.9 Å². The summed E-state index contributed by atoms with van der Waals surface area (Å²) in [5, 5.41) is 15.0. The molecule has 3 aromatic carbocycles. The first-order valence-corrected chi connectivity index (χ1v) is 14.1. The Kier molecular flexibility index (Phi) is 7.36. The number of rotatable bonds is 8. The number of anilines is 1. The van der Waals surface area contributed by atoms with E-state index in [1.54, 1.807) is 34.0 Å². The van der Waals surface area contributed by atoms with E-state index < -0.39 is 12.1 Å². The predicted octanol–water partition coefficient (Wildman–Crippen LogP) is 7.05. The molecule has 6 rings (SSSR count). The smallest absolute Gasteiger partial charge is 0.414 e. The number of carboxylic acid groups (broad SMARTS) is 1. The van der Waals surface area contributed by atoms with Gasteiger partial charge in [0.15, 0.2) is 0 Å². The molecule has 41 heavy (non-hydrogen) atoms. The number of benzene rings is 3. The number of hydrogen-bond acceptors (Lipinski definition) is 5. The predicted molar refractivity (Wildman–Crippen MR) is 156 cm³/mol. The third-order valence-electron chi connectivity index (χ3n) is 7.66. The summed E-state index contributed by atoms with van der Waals surface area (Å²) < 4.78 is 13.1. The molecule has 2 atom stereocenters. The van der Waals surface area contributed by atoms with Crippen molar-refractivity contribution in [1.29, 1.82) is 0 Å². The van der Waals surface area contributed by atoms with Gasteiger partial charge in [-0.3, -0.25) is 9.58 Å². The van der Waals surface area contributed by atoms with Crippen molar-refractivity contribution in [2.45, 2.75) is 25.8 Å². The van der Waals surface area contributed by atoms with Gasteiger partial charge in [-0.1, -0.05) is 41.4 Å². The fourth-order valence-electron chi connectivity index (χ4n) is 5.43. The van der Waals surface area contributed by atoms with E-state index in [0.717, 1.165) is 34.4 Å². The largest absolute Gasteiger partial charge is 0.490 e. The number of carbonyl (C=O) groups excluding carboxylic acids is 1. The molecule has 1 aromatic heterocycles. The average molecular weight is 592 g/mol.